The fourth-order valence-electron chi connectivity index (χ4n) is 3.60. The number of amides is 3. The summed E-state index contributed by atoms with van der Waals surface area (Å²) in [6.07, 6.45) is 2.36. The zero-order valence-corrected chi connectivity index (χ0v) is 15.4. The van der Waals surface area contributed by atoms with Crippen molar-refractivity contribution in [1.82, 2.24) is 15.1 Å². The molecule has 3 rings (SSSR count). The molecule has 2 fully saturated rings. The predicted molar refractivity (Wildman–Crippen MR) is 98.8 cm³/mol. The number of carbonyl (C=O) groups is 2. The third kappa shape index (κ3) is 4.12. The van der Waals surface area contributed by atoms with Crippen LogP contribution in [-0.2, 0) is 4.79 Å². The number of hydrogen-bond acceptors (Lipinski definition) is 3. The normalized spacial score (nSPS) is 22.3. The zero-order valence-electron chi connectivity index (χ0n) is 15.4. The number of anilines is 1. The van der Waals surface area contributed by atoms with E-state index in [1.54, 1.807) is 4.90 Å². The quantitative estimate of drug-likeness (QED) is 0.910. The number of hydrogen-bond donors (Lipinski definition) is 1. The molecule has 2 aliphatic heterocycles. The molecule has 2 heterocycles. The van der Waals surface area contributed by atoms with Gasteiger partial charge in [-0.3, -0.25) is 4.79 Å². The highest BCUT2D eigenvalue weighted by molar-refractivity contribution is 5.96. The van der Waals surface area contributed by atoms with Crippen molar-refractivity contribution in [2.75, 3.05) is 38.6 Å². The summed E-state index contributed by atoms with van der Waals surface area (Å²) in [6, 6.07) is 8.00. The van der Waals surface area contributed by atoms with Crippen LogP contribution in [0.25, 0.3) is 0 Å². The molecule has 6 heteroatoms. The lowest BCUT2D eigenvalue weighted by molar-refractivity contribution is -0.117. The Morgan fingerprint density at radius 2 is 1.84 bits per heavy atom. The third-order valence-electron chi connectivity index (χ3n) is 5.35. The van der Waals surface area contributed by atoms with Gasteiger partial charge in [0.05, 0.1) is 6.04 Å². The number of likely N-dealkylation sites (tertiary alicyclic amines) is 1. The summed E-state index contributed by atoms with van der Waals surface area (Å²) in [4.78, 5) is 30.7. The SMILES string of the molecule is Cc1ccc(N2CC(NC(=O)N(C)C3CCN(C)CC3)CC2=O)cc1. The largest absolute Gasteiger partial charge is 0.333 e. The number of aryl methyl sites for hydroxylation is 1. The molecule has 0 radical (unpaired) electrons. The van der Waals surface area contributed by atoms with Gasteiger partial charge >= 0.3 is 6.03 Å². The van der Waals surface area contributed by atoms with Crippen LogP contribution in [0.2, 0.25) is 0 Å². The van der Waals surface area contributed by atoms with Crippen LogP contribution in [0.3, 0.4) is 0 Å². The molecule has 2 saturated heterocycles. The highest BCUT2D eigenvalue weighted by atomic mass is 16.2. The molecule has 2 aliphatic rings. The van der Waals surface area contributed by atoms with E-state index in [1.807, 2.05) is 43.1 Å². The number of carbonyl (C=O) groups excluding carboxylic acids is 2. The molecule has 25 heavy (non-hydrogen) atoms. The van der Waals surface area contributed by atoms with E-state index in [1.165, 1.54) is 5.56 Å². The molecule has 136 valence electrons. The van der Waals surface area contributed by atoms with Crippen LogP contribution in [0.1, 0.15) is 24.8 Å². The van der Waals surface area contributed by atoms with Crippen molar-refractivity contribution in [2.45, 2.75) is 38.3 Å². The van der Waals surface area contributed by atoms with Crippen LogP contribution in [0.15, 0.2) is 24.3 Å². The lowest BCUT2D eigenvalue weighted by atomic mass is 10.0. The van der Waals surface area contributed by atoms with E-state index in [-0.39, 0.29) is 24.0 Å². The second kappa shape index (κ2) is 7.44. The Kier molecular flexibility index (Phi) is 5.27. The van der Waals surface area contributed by atoms with Gasteiger partial charge in [-0.2, -0.15) is 0 Å². The molecule has 0 aliphatic carbocycles. The average molecular weight is 344 g/mol. The molecule has 0 saturated carbocycles. The molecule has 1 aromatic rings. The molecule has 3 amide bonds. The van der Waals surface area contributed by atoms with Crippen molar-refractivity contribution in [3.8, 4) is 0 Å². The first-order valence-corrected chi connectivity index (χ1v) is 9.03. The summed E-state index contributed by atoms with van der Waals surface area (Å²) in [7, 11) is 3.97. The van der Waals surface area contributed by atoms with Gasteiger partial charge in [0, 0.05) is 31.7 Å². The monoisotopic (exact) mass is 344 g/mol. The van der Waals surface area contributed by atoms with Crippen molar-refractivity contribution >= 4 is 17.6 Å². The summed E-state index contributed by atoms with van der Waals surface area (Å²) < 4.78 is 0. The van der Waals surface area contributed by atoms with Gasteiger partial charge in [-0.25, -0.2) is 4.79 Å². The van der Waals surface area contributed by atoms with Gasteiger partial charge in [0.15, 0.2) is 0 Å². The second-order valence-electron chi connectivity index (χ2n) is 7.34. The number of benzene rings is 1. The maximum absolute atomic E-state index is 12.5. The predicted octanol–water partition coefficient (Wildman–Crippen LogP) is 1.84. The number of urea groups is 1. The van der Waals surface area contributed by atoms with Crippen LogP contribution in [-0.4, -0.2) is 67.6 Å². The molecular weight excluding hydrogens is 316 g/mol. The van der Waals surface area contributed by atoms with Crippen LogP contribution in [0, 0.1) is 6.92 Å². The highest BCUT2D eigenvalue weighted by Gasteiger charge is 2.33. The second-order valence-corrected chi connectivity index (χ2v) is 7.34. The van der Waals surface area contributed by atoms with Crippen LogP contribution in [0.4, 0.5) is 10.5 Å². The van der Waals surface area contributed by atoms with Crippen molar-refractivity contribution in [3.05, 3.63) is 29.8 Å². The molecule has 0 spiro atoms. The minimum atomic E-state index is -0.130. The molecule has 6 nitrogen and oxygen atoms in total. The topological polar surface area (TPSA) is 55.9 Å². The smallest absolute Gasteiger partial charge is 0.317 e. The number of nitrogens with one attached hydrogen (secondary N) is 1. The molecule has 1 unspecified atom stereocenters. The van der Waals surface area contributed by atoms with Gasteiger partial charge in [-0.05, 0) is 52.0 Å². The summed E-state index contributed by atoms with van der Waals surface area (Å²) >= 11 is 0. The number of rotatable bonds is 3. The highest BCUT2D eigenvalue weighted by Crippen LogP contribution is 2.22. The molecule has 0 aromatic heterocycles. The number of nitrogens with zero attached hydrogens (tertiary/aromatic N) is 3. The van der Waals surface area contributed by atoms with Crippen molar-refractivity contribution in [3.63, 3.8) is 0 Å². The Hall–Kier alpha value is -2.08. The summed E-state index contributed by atoms with van der Waals surface area (Å²) in [6.45, 7) is 4.60. The van der Waals surface area contributed by atoms with E-state index in [4.69, 9.17) is 0 Å². The first-order chi connectivity index (χ1) is 11.9. The Morgan fingerprint density at radius 3 is 2.48 bits per heavy atom. The lowest BCUT2D eigenvalue weighted by Gasteiger charge is -2.35. The Labute approximate surface area is 149 Å². The molecular formula is C19H28N4O2. The van der Waals surface area contributed by atoms with Gasteiger partial charge in [-0.15, -0.1) is 0 Å². The summed E-state index contributed by atoms with van der Waals surface area (Å²) in [5.41, 5.74) is 2.07. The number of piperidine rings is 1. The van der Waals surface area contributed by atoms with E-state index in [0.29, 0.717) is 13.0 Å². The first kappa shape index (κ1) is 17.7. The molecule has 1 atom stereocenters. The molecule has 1 aromatic carbocycles. The van der Waals surface area contributed by atoms with Crippen molar-refractivity contribution in [1.29, 1.82) is 0 Å². The van der Waals surface area contributed by atoms with E-state index in [2.05, 4.69) is 17.3 Å². The molecule has 1 N–H and O–H groups in total. The standard InChI is InChI=1S/C19H28N4O2/c1-14-4-6-17(7-5-14)23-13-15(12-18(23)24)20-19(25)22(3)16-8-10-21(2)11-9-16/h4-7,15-16H,8-13H2,1-3H3,(H,20,25). The van der Waals surface area contributed by atoms with Gasteiger partial charge in [0.25, 0.3) is 0 Å². The van der Waals surface area contributed by atoms with Gasteiger partial charge in [0.1, 0.15) is 0 Å². The minimum absolute atomic E-state index is 0.0658. The average Bonchev–Trinajstić information content (AvgIpc) is 2.96. The van der Waals surface area contributed by atoms with Gasteiger partial charge < -0.3 is 20.0 Å². The maximum Gasteiger partial charge on any atom is 0.317 e. The van der Waals surface area contributed by atoms with Gasteiger partial charge in [-0.1, -0.05) is 17.7 Å². The zero-order chi connectivity index (χ0) is 18.0. The summed E-state index contributed by atoms with van der Waals surface area (Å²) in [5, 5.41) is 3.04. The van der Waals surface area contributed by atoms with Crippen LogP contribution in [0.5, 0.6) is 0 Å². The first-order valence-electron chi connectivity index (χ1n) is 9.03. The van der Waals surface area contributed by atoms with Crippen LogP contribution >= 0.6 is 0 Å². The van der Waals surface area contributed by atoms with E-state index >= 15 is 0 Å². The van der Waals surface area contributed by atoms with E-state index in [0.717, 1.165) is 31.6 Å². The maximum atomic E-state index is 12.5. The third-order valence-corrected chi connectivity index (χ3v) is 5.35. The minimum Gasteiger partial charge on any atom is -0.333 e. The van der Waals surface area contributed by atoms with Crippen molar-refractivity contribution in [2.24, 2.45) is 0 Å². The fraction of sp³-hybridized carbons (Fsp3) is 0.579. The Bertz CT molecular complexity index is 623. The van der Waals surface area contributed by atoms with Crippen molar-refractivity contribution < 1.29 is 9.59 Å². The molecule has 0 bridgehead atoms. The summed E-state index contributed by atoms with van der Waals surface area (Å²) in [5.74, 6) is 0.0658. The van der Waals surface area contributed by atoms with Gasteiger partial charge in [0.2, 0.25) is 5.91 Å². The van der Waals surface area contributed by atoms with E-state index < -0.39 is 0 Å². The van der Waals surface area contributed by atoms with Crippen LogP contribution < -0.4 is 10.2 Å². The Balaban J connectivity index is 1.55. The Morgan fingerprint density at radius 1 is 1.20 bits per heavy atom. The van der Waals surface area contributed by atoms with E-state index in [9.17, 15) is 9.59 Å². The lowest BCUT2D eigenvalue weighted by Crippen LogP contribution is -2.50. The fourth-order valence-corrected chi connectivity index (χ4v) is 3.60.